The molecule has 2 nitrogen and oxygen atoms in total. The van der Waals surface area contributed by atoms with Crippen LogP contribution in [0.4, 0.5) is 4.39 Å². The van der Waals surface area contributed by atoms with Gasteiger partial charge >= 0.3 is 0 Å². The van der Waals surface area contributed by atoms with Crippen molar-refractivity contribution >= 4 is 11.6 Å². The summed E-state index contributed by atoms with van der Waals surface area (Å²) < 4.78 is 24.1. The molecule has 2 aromatic carbocycles. The lowest BCUT2D eigenvalue weighted by Gasteiger charge is -2.08. The highest BCUT2D eigenvalue weighted by Crippen LogP contribution is 2.25. The Kier molecular flexibility index (Phi) is 4.56. The molecule has 0 aromatic heterocycles. The summed E-state index contributed by atoms with van der Waals surface area (Å²) >= 11 is 5.42. The maximum absolute atomic E-state index is 13.6. The van der Waals surface area contributed by atoms with Gasteiger partial charge in [-0.15, -0.1) is 0 Å². The van der Waals surface area contributed by atoms with Gasteiger partial charge in [0.25, 0.3) is 0 Å². The summed E-state index contributed by atoms with van der Waals surface area (Å²) in [6.07, 6.45) is 0. The molecule has 18 heavy (non-hydrogen) atoms. The van der Waals surface area contributed by atoms with Crippen LogP contribution >= 0.6 is 11.6 Å². The van der Waals surface area contributed by atoms with Crippen LogP contribution in [-0.4, -0.2) is 6.07 Å². The van der Waals surface area contributed by atoms with E-state index in [4.69, 9.17) is 21.1 Å². The molecular weight excluding hydrogens is 255 g/mol. The molecule has 0 heterocycles. The van der Waals surface area contributed by atoms with Gasteiger partial charge in [-0.05, 0) is 29.8 Å². The van der Waals surface area contributed by atoms with Crippen LogP contribution in [0.5, 0.6) is 11.5 Å². The van der Waals surface area contributed by atoms with Gasteiger partial charge in [0.1, 0.15) is 11.8 Å². The van der Waals surface area contributed by atoms with Crippen molar-refractivity contribution in [1.29, 1.82) is 0 Å². The topological polar surface area (TPSA) is 18.5 Å². The van der Waals surface area contributed by atoms with E-state index < -0.39 is 5.82 Å². The second-order valence-corrected chi connectivity index (χ2v) is 3.86. The number of alkyl halides is 1. The summed E-state index contributed by atoms with van der Waals surface area (Å²) in [6, 6.07) is 13.8. The Balaban J connectivity index is 2.16. The molecule has 0 saturated heterocycles. The van der Waals surface area contributed by atoms with E-state index >= 15 is 0 Å². The molecule has 0 amide bonds. The summed E-state index contributed by atoms with van der Waals surface area (Å²) in [4.78, 5) is 0. The summed E-state index contributed by atoms with van der Waals surface area (Å²) in [7, 11) is 0. The summed E-state index contributed by atoms with van der Waals surface area (Å²) in [6.45, 7) is 0.328. The molecule has 0 aliphatic rings. The minimum absolute atomic E-state index is 0.103. The number of rotatable bonds is 5. The first kappa shape index (κ1) is 12.9. The SMILES string of the molecule is Fc1ccc(COCCl)cc1Oc1ccccc1. The summed E-state index contributed by atoms with van der Waals surface area (Å²) in [5.41, 5.74) is 0.808. The number of hydrogen-bond acceptors (Lipinski definition) is 2. The van der Waals surface area contributed by atoms with E-state index in [1.54, 1.807) is 24.3 Å². The second kappa shape index (κ2) is 6.38. The first-order chi connectivity index (χ1) is 8.79. The van der Waals surface area contributed by atoms with E-state index in [0.29, 0.717) is 12.4 Å². The molecule has 4 heteroatoms. The van der Waals surface area contributed by atoms with E-state index in [0.717, 1.165) is 5.56 Å². The van der Waals surface area contributed by atoms with Gasteiger partial charge in [0.05, 0.1) is 6.61 Å². The first-order valence-electron chi connectivity index (χ1n) is 5.44. The van der Waals surface area contributed by atoms with E-state index in [1.807, 2.05) is 18.2 Å². The van der Waals surface area contributed by atoms with Gasteiger partial charge in [0, 0.05) is 0 Å². The van der Waals surface area contributed by atoms with Crippen LogP contribution in [0.15, 0.2) is 48.5 Å². The van der Waals surface area contributed by atoms with Crippen molar-refractivity contribution in [2.24, 2.45) is 0 Å². The van der Waals surface area contributed by atoms with Crippen molar-refractivity contribution in [2.45, 2.75) is 6.61 Å². The number of halogens is 2. The molecule has 2 aromatic rings. The normalized spacial score (nSPS) is 10.3. The highest BCUT2D eigenvalue weighted by atomic mass is 35.5. The maximum atomic E-state index is 13.6. The quantitative estimate of drug-likeness (QED) is 0.750. The Hall–Kier alpha value is -1.58. The molecule has 0 radical (unpaired) electrons. The van der Waals surface area contributed by atoms with Gasteiger partial charge in [-0.3, -0.25) is 0 Å². The Labute approximate surface area is 110 Å². The fourth-order valence-corrected chi connectivity index (χ4v) is 1.56. The standard InChI is InChI=1S/C14H12ClFO2/c15-10-17-9-11-6-7-13(16)14(8-11)18-12-4-2-1-3-5-12/h1-8H,9-10H2. The Morgan fingerprint density at radius 1 is 1.06 bits per heavy atom. The number of benzene rings is 2. The Bertz CT molecular complexity index is 502. The van der Waals surface area contributed by atoms with E-state index in [2.05, 4.69) is 0 Å². The maximum Gasteiger partial charge on any atom is 0.165 e. The minimum Gasteiger partial charge on any atom is -0.454 e. The number of ether oxygens (including phenoxy) is 2. The van der Waals surface area contributed by atoms with Crippen LogP contribution < -0.4 is 4.74 Å². The molecule has 0 saturated carbocycles. The summed E-state index contributed by atoms with van der Waals surface area (Å²) in [5, 5.41) is 0. The summed E-state index contributed by atoms with van der Waals surface area (Å²) in [5.74, 6) is 0.358. The zero-order valence-electron chi connectivity index (χ0n) is 9.61. The monoisotopic (exact) mass is 266 g/mol. The molecule has 2 rings (SSSR count). The highest BCUT2D eigenvalue weighted by molar-refractivity contribution is 6.17. The van der Waals surface area contributed by atoms with E-state index in [-0.39, 0.29) is 11.8 Å². The predicted octanol–water partition coefficient (Wildman–Crippen LogP) is 4.33. The third-order valence-corrected chi connectivity index (χ3v) is 2.47. The zero-order chi connectivity index (χ0) is 12.8. The van der Waals surface area contributed by atoms with Crippen LogP contribution in [0, 0.1) is 5.82 Å². The molecule has 0 aliphatic heterocycles. The number of para-hydroxylation sites is 1. The molecule has 0 unspecified atom stereocenters. The first-order valence-corrected chi connectivity index (χ1v) is 5.98. The second-order valence-electron chi connectivity index (χ2n) is 3.64. The Morgan fingerprint density at radius 2 is 1.83 bits per heavy atom. The van der Waals surface area contributed by atoms with Crippen LogP contribution in [0.1, 0.15) is 5.56 Å². The van der Waals surface area contributed by atoms with Crippen molar-refractivity contribution in [2.75, 3.05) is 6.07 Å². The van der Waals surface area contributed by atoms with Crippen molar-refractivity contribution in [3.8, 4) is 11.5 Å². The van der Waals surface area contributed by atoms with E-state index in [1.165, 1.54) is 6.07 Å². The molecule has 0 spiro atoms. The van der Waals surface area contributed by atoms with Crippen LogP contribution in [0.25, 0.3) is 0 Å². The van der Waals surface area contributed by atoms with Gasteiger partial charge in [0.2, 0.25) is 0 Å². The fraction of sp³-hybridized carbons (Fsp3) is 0.143. The third kappa shape index (κ3) is 3.45. The molecule has 94 valence electrons. The van der Waals surface area contributed by atoms with Crippen LogP contribution in [-0.2, 0) is 11.3 Å². The minimum atomic E-state index is -0.409. The highest BCUT2D eigenvalue weighted by Gasteiger charge is 2.06. The van der Waals surface area contributed by atoms with Crippen molar-refractivity contribution in [1.82, 2.24) is 0 Å². The van der Waals surface area contributed by atoms with E-state index in [9.17, 15) is 4.39 Å². The average molecular weight is 267 g/mol. The number of hydrogen-bond donors (Lipinski definition) is 0. The molecular formula is C14H12ClFO2. The van der Waals surface area contributed by atoms with Gasteiger partial charge < -0.3 is 9.47 Å². The molecule has 0 bridgehead atoms. The average Bonchev–Trinajstić information content (AvgIpc) is 2.41. The smallest absolute Gasteiger partial charge is 0.165 e. The lowest BCUT2D eigenvalue weighted by atomic mass is 10.2. The molecule has 0 fully saturated rings. The molecule has 0 atom stereocenters. The predicted molar refractivity (Wildman–Crippen MR) is 68.4 cm³/mol. The van der Waals surface area contributed by atoms with Gasteiger partial charge in [-0.25, -0.2) is 4.39 Å². The zero-order valence-corrected chi connectivity index (χ0v) is 10.4. The van der Waals surface area contributed by atoms with Crippen LogP contribution in [0.3, 0.4) is 0 Å². The Morgan fingerprint density at radius 3 is 2.56 bits per heavy atom. The van der Waals surface area contributed by atoms with Crippen LogP contribution in [0.2, 0.25) is 0 Å². The van der Waals surface area contributed by atoms with Gasteiger partial charge in [-0.2, -0.15) is 0 Å². The van der Waals surface area contributed by atoms with Gasteiger partial charge in [-0.1, -0.05) is 35.9 Å². The van der Waals surface area contributed by atoms with Crippen molar-refractivity contribution in [3.63, 3.8) is 0 Å². The van der Waals surface area contributed by atoms with Crippen molar-refractivity contribution < 1.29 is 13.9 Å². The lowest BCUT2D eigenvalue weighted by Crippen LogP contribution is -1.94. The lowest BCUT2D eigenvalue weighted by molar-refractivity contribution is 0.165. The molecule has 0 aliphatic carbocycles. The molecule has 0 N–H and O–H groups in total. The third-order valence-electron chi connectivity index (χ3n) is 2.31. The van der Waals surface area contributed by atoms with Crippen molar-refractivity contribution in [3.05, 3.63) is 59.9 Å². The largest absolute Gasteiger partial charge is 0.454 e. The van der Waals surface area contributed by atoms with Gasteiger partial charge in [0.15, 0.2) is 11.6 Å². The fourth-order valence-electron chi connectivity index (χ4n) is 1.49.